The molecule has 0 aromatic rings. The summed E-state index contributed by atoms with van der Waals surface area (Å²) in [6.07, 6.45) is 13.0. The number of hydrogen-bond donors (Lipinski definition) is 0. The van der Waals surface area contributed by atoms with Gasteiger partial charge in [0.2, 0.25) is 24.3 Å². The third kappa shape index (κ3) is 14.8. The lowest BCUT2D eigenvalue weighted by Gasteiger charge is -2.15. The van der Waals surface area contributed by atoms with Gasteiger partial charge in [0.25, 0.3) is 0 Å². The van der Waals surface area contributed by atoms with Gasteiger partial charge in [-0.05, 0) is 32.1 Å². The fraction of sp³-hybridized carbons (Fsp3) is 0.765. The second-order valence-electron chi connectivity index (χ2n) is 5.63. The highest BCUT2D eigenvalue weighted by atomic mass is 16.1. The van der Waals surface area contributed by atoms with Gasteiger partial charge in [-0.25, -0.2) is 39.1 Å². The molecule has 8 heteroatoms. The van der Waals surface area contributed by atoms with Gasteiger partial charge in [0, 0.05) is 0 Å². The van der Waals surface area contributed by atoms with Gasteiger partial charge >= 0.3 is 0 Å². The third-order valence-corrected chi connectivity index (χ3v) is 3.76. The number of hydrogen-bond acceptors (Lipinski definition) is 8. The van der Waals surface area contributed by atoms with Crippen LogP contribution in [0.3, 0.4) is 0 Å². The molecule has 8 nitrogen and oxygen atoms in total. The predicted molar refractivity (Wildman–Crippen MR) is 91.3 cm³/mol. The van der Waals surface area contributed by atoms with Gasteiger partial charge in [0.15, 0.2) is 0 Å². The Kier molecular flexibility index (Phi) is 16.1. The molecule has 0 saturated carbocycles. The Morgan fingerprint density at radius 1 is 0.560 bits per heavy atom. The average Bonchev–Trinajstić information content (AvgIpc) is 2.61. The van der Waals surface area contributed by atoms with Crippen LogP contribution >= 0.6 is 0 Å². The molecule has 0 fully saturated rings. The van der Waals surface area contributed by atoms with Crippen molar-refractivity contribution in [3.8, 4) is 0 Å². The lowest BCUT2D eigenvalue weighted by Crippen LogP contribution is -2.15. The normalized spacial score (nSPS) is 11.8. The molecule has 0 amide bonds. The van der Waals surface area contributed by atoms with E-state index in [9.17, 15) is 19.2 Å². The van der Waals surface area contributed by atoms with Crippen molar-refractivity contribution in [3.63, 3.8) is 0 Å². The van der Waals surface area contributed by atoms with E-state index in [-0.39, 0.29) is 12.1 Å². The molecule has 25 heavy (non-hydrogen) atoms. The summed E-state index contributed by atoms with van der Waals surface area (Å²) in [6.45, 7) is 0.911. The molecule has 0 spiro atoms. The topological polar surface area (TPSA) is 118 Å². The number of aliphatic imine (C=N–C) groups is 4. The van der Waals surface area contributed by atoms with Gasteiger partial charge in [-0.1, -0.05) is 25.7 Å². The summed E-state index contributed by atoms with van der Waals surface area (Å²) in [7, 11) is 0. The van der Waals surface area contributed by atoms with Crippen LogP contribution in [-0.4, -0.2) is 49.5 Å². The molecular formula is C17H24N4O4. The number of isocyanates is 4. The third-order valence-electron chi connectivity index (χ3n) is 3.76. The molecule has 0 aromatic carbocycles. The maximum Gasteiger partial charge on any atom is 0.235 e. The Morgan fingerprint density at radius 3 is 1.36 bits per heavy atom. The summed E-state index contributed by atoms with van der Waals surface area (Å²) in [5.41, 5.74) is 0. The SMILES string of the molecule is O=C=NCCCCCC(CC(CCCCCN=C=O)N=C=O)N=C=O. The summed E-state index contributed by atoms with van der Waals surface area (Å²) in [5.74, 6) is 0. The molecule has 0 bridgehead atoms. The molecule has 0 saturated heterocycles. The van der Waals surface area contributed by atoms with Crippen molar-refractivity contribution < 1.29 is 19.2 Å². The Hall–Kier alpha value is -2.48. The summed E-state index contributed by atoms with van der Waals surface area (Å²) < 4.78 is 0. The number of unbranched alkanes of at least 4 members (excludes halogenated alkanes) is 4. The summed E-state index contributed by atoms with van der Waals surface area (Å²) in [6, 6.07) is -0.456. The summed E-state index contributed by atoms with van der Waals surface area (Å²) in [4.78, 5) is 55.7. The maximum absolute atomic E-state index is 10.6. The van der Waals surface area contributed by atoms with Crippen molar-refractivity contribution >= 4 is 24.3 Å². The minimum atomic E-state index is -0.228. The number of carbonyl (C=O) groups excluding carboxylic acids is 4. The predicted octanol–water partition coefficient (Wildman–Crippen LogP) is 2.58. The molecule has 0 radical (unpaired) electrons. The Bertz CT molecular complexity index is 493. The van der Waals surface area contributed by atoms with Crippen molar-refractivity contribution in [3.05, 3.63) is 0 Å². The first kappa shape index (κ1) is 22.5. The van der Waals surface area contributed by atoms with E-state index in [4.69, 9.17) is 0 Å². The highest BCUT2D eigenvalue weighted by Crippen LogP contribution is 2.18. The molecule has 0 heterocycles. The maximum atomic E-state index is 10.6. The first-order valence-electron chi connectivity index (χ1n) is 8.49. The van der Waals surface area contributed by atoms with E-state index in [1.165, 1.54) is 12.2 Å². The van der Waals surface area contributed by atoms with Crippen molar-refractivity contribution in [2.24, 2.45) is 20.0 Å². The number of nitrogens with zero attached hydrogens (tertiary/aromatic N) is 4. The van der Waals surface area contributed by atoms with Gasteiger partial charge in [-0.3, -0.25) is 0 Å². The highest BCUT2D eigenvalue weighted by molar-refractivity contribution is 5.34. The van der Waals surface area contributed by atoms with Crippen LogP contribution in [0.15, 0.2) is 20.0 Å². The van der Waals surface area contributed by atoms with Gasteiger partial charge in [0.1, 0.15) is 0 Å². The van der Waals surface area contributed by atoms with E-state index in [0.717, 1.165) is 38.5 Å². The van der Waals surface area contributed by atoms with Crippen molar-refractivity contribution in [1.29, 1.82) is 0 Å². The average molecular weight is 348 g/mol. The Morgan fingerprint density at radius 2 is 1.00 bits per heavy atom. The van der Waals surface area contributed by atoms with Crippen LogP contribution in [0.2, 0.25) is 0 Å². The molecule has 0 aliphatic rings. The second-order valence-corrected chi connectivity index (χ2v) is 5.63. The zero-order chi connectivity index (χ0) is 18.6. The van der Waals surface area contributed by atoms with E-state index in [1.807, 2.05) is 0 Å². The van der Waals surface area contributed by atoms with Crippen LogP contribution in [0.4, 0.5) is 0 Å². The fourth-order valence-corrected chi connectivity index (χ4v) is 2.52. The summed E-state index contributed by atoms with van der Waals surface area (Å²) in [5, 5.41) is 0. The van der Waals surface area contributed by atoms with Gasteiger partial charge in [0.05, 0.1) is 25.2 Å². The molecule has 2 unspecified atom stereocenters. The molecule has 0 aliphatic carbocycles. The van der Waals surface area contributed by atoms with E-state index < -0.39 is 0 Å². The Balaban J connectivity index is 4.24. The minimum absolute atomic E-state index is 0.228. The molecule has 136 valence electrons. The van der Waals surface area contributed by atoms with Crippen LogP contribution in [0, 0.1) is 0 Å². The fourth-order valence-electron chi connectivity index (χ4n) is 2.52. The summed E-state index contributed by atoms with van der Waals surface area (Å²) >= 11 is 0. The minimum Gasteiger partial charge on any atom is -0.211 e. The zero-order valence-corrected chi connectivity index (χ0v) is 14.4. The smallest absolute Gasteiger partial charge is 0.211 e. The van der Waals surface area contributed by atoms with E-state index in [0.29, 0.717) is 32.4 Å². The van der Waals surface area contributed by atoms with Crippen LogP contribution in [-0.2, 0) is 19.2 Å². The number of rotatable bonds is 16. The first-order valence-corrected chi connectivity index (χ1v) is 8.49. The lowest BCUT2D eigenvalue weighted by molar-refractivity contribution is 0.443. The highest BCUT2D eigenvalue weighted by Gasteiger charge is 2.15. The molecule has 0 rings (SSSR count). The van der Waals surface area contributed by atoms with Gasteiger partial charge in [-0.15, -0.1) is 0 Å². The molecule has 0 aromatic heterocycles. The van der Waals surface area contributed by atoms with Gasteiger partial charge in [-0.2, -0.15) is 0 Å². The quantitative estimate of drug-likeness (QED) is 0.242. The molecule has 2 atom stereocenters. The lowest BCUT2D eigenvalue weighted by atomic mass is 9.98. The van der Waals surface area contributed by atoms with E-state index in [2.05, 4.69) is 20.0 Å². The zero-order valence-electron chi connectivity index (χ0n) is 14.4. The van der Waals surface area contributed by atoms with Crippen LogP contribution < -0.4 is 0 Å². The molecular weight excluding hydrogens is 324 g/mol. The van der Waals surface area contributed by atoms with Crippen molar-refractivity contribution in [2.75, 3.05) is 13.1 Å². The van der Waals surface area contributed by atoms with E-state index in [1.54, 1.807) is 12.2 Å². The van der Waals surface area contributed by atoms with Crippen LogP contribution in [0.1, 0.15) is 57.8 Å². The Labute approximate surface area is 147 Å². The van der Waals surface area contributed by atoms with Crippen LogP contribution in [0.5, 0.6) is 0 Å². The molecule has 0 N–H and O–H groups in total. The largest absolute Gasteiger partial charge is 0.235 e. The van der Waals surface area contributed by atoms with E-state index >= 15 is 0 Å². The van der Waals surface area contributed by atoms with Crippen molar-refractivity contribution in [2.45, 2.75) is 69.9 Å². The second kappa shape index (κ2) is 17.9. The monoisotopic (exact) mass is 348 g/mol. The standard InChI is InChI=1S/C17H24N4O4/c22-12-18-9-5-1-3-7-16(20-14-24)11-17(21-15-25)8-4-2-6-10-19-13-23/h16-17H,1-11H2. The first-order chi connectivity index (χ1) is 12.3. The van der Waals surface area contributed by atoms with Crippen LogP contribution in [0.25, 0.3) is 0 Å². The molecule has 0 aliphatic heterocycles. The van der Waals surface area contributed by atoms with Crippen molar-refractivity contribution in [1.82, 2.24) is 0 Å². The van der Waals surface area contributed by atoms with Gasteiger partial charge < -0.3 is 0 Å².